The van der Waals surface area contributed by atoms with Gasteiger partial charge in [0.1, 0.15) is 6.79 Å². The Morgan fingerprint density at radius 1 is 1.33 bits per heavy atom. The van der Waals surface area contributed by atoms with Gasteiger partial charge in [0.05, 0.1) is 6.61 Å². The van der Waals surface area contributed by atoms with Gasteiger partial charge < -0.3 is 9.47 Å². The molecule has 0 bridgehead atoms. The van der Waals surface area contributed by atoms with Gasteiger partial charge in [0.25, 0.3) is 0 Å². The monoisotopic (exact) mass is 170 g/mol. The molecule has 1 fully saturated rings. The van der Waals surface area contributed by atoms with Crippen molar-refractivity contribution in [3.8, 4) is 0 Å². The molecule has 0 radical (unpaired) electrons. The van der Waals surface area contributed by atoms with Gasteiger partial charge >= 0.3 is 0 Å². The molecular formula is C10H18O2. The van der Waals surface area contributed by atoms with E-state index < -0.39 is 0 Å². The van der Waals surface area contributed by atoms with Crippen molar-refractivity contribution >= 4 is 0 Å². The Balaban J connectivity index is 1.96. The maximum Gasteiger partial charge on any atom is 0.146 e. The van der Waals surface area contributed by atoms with Gasteiger partial charge in [-0.25, -0.2) is 0 Å². The molecule has 1 aliphatic carbocycles. The molecule has 1 saturated carbocycles. The Labute approximate surface area is 74.6 Å². The molecule has 0 amide bonds. The highest BCUT2D eigenvalue weighted by Crippen LogP contribution is 2.23. The summed E-state index contributed by atoms with van der Waals surface area (Å²) in [4.78, 5) is 0. The van der Waals surface area contributed by atoms with Gasteiger partial charge in [0, 0.05) is 7.11 Å². The van der Waals surface area contributed by atoms with E-state index >= 15 is 0 Å². The molecule has 0 aliphatic heterocycles. The molecule has 0 spiro atoms. The van der Waals surface area contributed by atoms with E-state index in [1.807, 2.05) is 0 Å². The minimum absolute atomic E-state index is 0.420. The zero-order chi connectivity index (χ0) is 8.65. The van der Waals surface area contributed by atoms with Crippen molar-refractivity contribution < 1.29 is 9.47 Å². The van der Waals surface area contributed by atoms with Crippen LogP contribution in [0.25, 0.3) is 0 Å². The summed E-state index contributed by atoms with van der Waals surface area (Å²) < 4.78 is 9.95. The van der Waals surface area contributed by atoms with Crippen LogP contribution in [0.3, 0.4) is 0 Å². The second-order valence-electron chi connectivity index (χ2n) is 3.17. The smallest absolute Gasteiger partial charge is 0.146 e. The molecule has 2 heteroatoms. The summed E-state index contributed by atoms with van der Waals surface area (Å²) in [6.07, 6.45) is 8.74. The number of hydrogen-bond acceptors (Lipinski definition) is 2. The van der Waals surface area contributed by atoms with Gasteiger partial charge in [-0.15, -0.1) is 0 Å². The van der Waals surface area contributed by atoms with Crippen LogP contribution in [0.5, 0.6) is 0 Å². The Morgan fingerprint density at radius 2 is 2.08 bits per heavy atom. The Morgan fingerprint density at radius 3 is 2.75 bits per heavy atom. The fourth-order valence-corrected chi connectivity index (χ4v) is 1.52. The van der Waals surface area contributed by atoms with Gasteiger partial charge in [-0.2, -0.15) is 0 Å². The third-order valence-corrected chi connectivity index (χ3v) is 2.14. The Hall–Kier alpha value is -0.340. The summed E-state index contributed by atoms with van der Waals surface area (Å²) in [7, 11) is 1.65. The minimum atomic E-state index is 0.420. The molecule has 1 rings (SSSR count). The van der Waals surface area contributed by atoms with Gasteiger partial charge in [0.15, 0.2) is 0 Å². The molecule has 1 aliphatic rings. The van der Waals surface area contributed by atoms with Gasteiger partial charge in [-0.05, 0) is 32.1 Å². The summed E-state index contributed by atoms with van der Waals surface area (Å²) in [5, 5.41) is 0. The van der Waals surface area contributed by atoms with E-state index in [-0.39, 0.29) is 0 Å². The van der Waals surface area contributed by atoms with Crippen LogP contribution in [0.1, 0.15) is 32.1 Å². The molecule has 70 valence electrons. The highest BCUT2D eigenvalue weighted by Gasteiger charge is 2.04. The fraction of sp³-hybridized carbons (Fsp3) is 0.800. The molecule has 0 N–H and O–H groups in total. The van der Waals surface area contributed by atoms with Crippen LogP contribution in [0.15, 0.2) is 11.6 Å². The van der Waals surface area contributed by atoms with Crippen LogP contribution in [-0.4, -0.2) is 20.5 Å². The van der Waals surface area contributed by atoms with E-state index in [1.165, 1.54) is 25.7 Å². The first-order chi connectivity index (χ1) is 5.93. The van der Waals surface area contributed by atoms with Crippen molar-refractivity contribution in [3.63, 3.8) is 0 Å². The lowest BCUT2D eigenvalue weighted by Gasteiger charge is -1.99. The van der Waals surface area contributed by atoms with Gasteiger partial charge in [0.2, 0.25) is 0 Å². The van der Waals surface area contributed by atoms with E-state index in [9.17, 15) is 0 Å². The largest absolute Gasteiger partial charge is 0.359 e. The third kappa shape index (κ3) is 3.88. The van der Waals surface area contributed by atoms with Crippen LogP contribution in [0.4, 0.5) is 0 Å². The van der Waals surface area contributed by atoms with Crippen LogP contribution in [0, 0.1) is 0 Å². The third-order valence-electron chi connectivity index (χ3n) is 2.14. The molecule has 12 heavy (non-hydrogen) atoms. The van der Waals surface area contributed by atoms with Crippen molar-refractivity contribution in [2.75, 3.05) is 20.5 Å². The number of rotatable bonds is 5. The molecule has 0 saturated heterocycles. The summed E-state index contributed by atoms with van der Waals surface area (Å²) in [5.41, 5.74) is 1.62. The van der Waals surface area contributed by atoms with Crippen molar-refractivity contribution in [3.05, 3.63) is 11.6 Å². The lowest BCUT2D eigenvalue weighted by atomic mass is 10.2. The predicted molar refractivity (Wildman–Crippen MR) is 49.0 cm³/mol. The molecular weight excluding hydrogens is 152 g/mol. The van der Waals surface area contributed by atoms with E-state index in [0.29, 0.717) is 6.79 Å². The predicted octanol–water partition coefficient (Wildman–Crippen LogP) is 2.50. The molecule has 0 aromatic heterocycles. The second kappa shape index (κ2) is 6.21. The minimum Gasteiger partial charge on any atom is -0.359 e. The van der Waals surface area contributed by atoms with E-state index in [4.69, 9.17) is 9.47 Å². The normalized spacial score (nSPS) is 16.9. The molecule has 0 heterocycles. The maximum absolute atomic E-state index is 5.18. The standard InChI is InChI=1S/C10H18O2/c1-11-9-12-8-4-7-10-5-2-3-6-10/h7H,2-6,8-9H2,1H3. The first-order valence-corrected chi connectivity index (χ1v) is 4.68. The number of methoxy groups -OCH3 is 1. The molecule has 0 unspecified atom stereocenters. The summed E-state index contributed by atoms with van der Waals surface area (Å²) >= 11 is 0. The highest BCUT2D eigenvalue weighted by molar-refractivity contribution is 5.05. The fourth-order valence-electron chi connectivity index (χ4n) is 1.52. The van der Waals surface area contributed by atoms with Crippen molar-refractivity contribution in [1.29, 1.82) is 0 Å². The summed E-state index contributed by atoms with van der Waals surface area (Å²) in [6, 6.07) is 0. The zero-order valence-electron chi connectivity index (χ0n) is 7.84. The number of hydrogen-bond donors (Lipinski definition) is 0. The SMILES string of the molecule is COCOCCC=C1CCCC1. The quantitative estimate of drug-likeness (QED) is 0.358. The Bertz CT molecular complexity index is 133. The highest BCUT2D eigenvalue weighted by atomic mass is 16.7. The Kier molecular flexibility index (Phi) is 5.04. The maximum atomic E-state index is 5.18. The topological polar surface area (TPSA) is 18.5 Å². The first-order valence-electron chi connectivity index (χ1n) is 4.68. The van der Waals surface area contributed by atoms with Crippen LogP contribution < -0.4 is 0 Å². The average Bonchev–Trinajstić information content (AvgIpc) is 2.57. The second-order valence-corrected chi connectivity index (χ2v) is 3.17. The lowest BCUT2D eigenvalue weighted by Crippen LogP contribution is -1.97. The van der Waals surface area contributed by atoms with Gasteiger partial charge in [-0.3, -0.25) is 0 Å². The number of ether oxygens (including phenoxy) is 2. The van der Waals surface area contributed by atoms with Crippen molar-refractivity contribution in [2.24, 2.45) is 0 Å². The van der Waals surface area contributed by atoms with Crippen molar-refractivity contribution in [1.82, 2.24) is 0 Å². The van der Waals surface area contributed by atoms with E-state index in [0.717, 1.165) is 13.0 Å². The molecule has 0 aromatic rings. The molecule has 0 aromatic carbocycles. The average molecular weight is 170 g/mol. The number of allylic oxidation sites excluding steroid dienone is 1. The summed E-state index contributed by atoms with van der Waals surface area (Å²) in [6.45, 7) is 1.21. The molecule has 0 atom stereocenters. The first kappa shape index (κ1) is 9.75. The summed E-state index contributed by atoms with van der Waals surface area (Å²) in [5.74, 6) is 0. The van der Waals surface area contributed by atoms with Crippen LogP contribution in [-0.2, 0) is 9.47 Å². The zero-order valence-corrected chi connectivity index (χ0v) is 7.84. The van der Waals surface area contributed by atoms with Gasteiger partial charge in [-0.1, -0.05) is 11.6 Å². The lowest BCUT2D eigenvalue weighted by molar-refractivity contribution is -0.0286. The van der Waals surface area contributed by atoms with Crippen LogP contribution >= 0.6 is 0 Å². The van der Waals surface area contributed by atoms with E-state index in [2.05, 4.69) is 6.08 Å². The van der Waals surface area contributed by atoms with Crippen LogP contribution in [0.2, 0.25) is 0 Å². The molecule has 2 nitrogen and oxygen atoms in total. The van der Waals surface area contributed by atoms with Crippen molar-refractivity contribution in [2.45, 2.75) is 32.1 Å². The van der Waals surface area contributed by atoms with E-state index in [1.54, 1.807) is 12.7 Å².